The summed E-state index contributed by atoms with van der Waals surface area (Å²) in [5, 5.41) is 15.0. The molecule has 0 saturated carbocycles. The minimum absolute atomic E-state index is 0.00484. The average molecular weight is 588 g/mol. The first-order valence-electron chi connectivity index (χ1n) is 12.6. The van der Waals surface area contributed by atoms with Crippen molar-refractivity contribution in [1.29, 1.82) is 0 Å². The lowest BCUT2D eigenvalue weighted by Crippen LogP contribution is -2.52. The Morgan fingerprint density at radius 3 is 2.40 bits per heavy atom. The first-order valence-corrected chi connectivity index (χ1v) is 13.3. The molecule has 2 amide bonds. The largest absolute Gasteiger partial charge is 0.490 e. The number of carbonyl (C=O) groups is 2. The lowest BCUT2D eigenvalue weighted by molar-refractivity contribution is -0.385. The molecule has 0 heterocycles. The molecule has 1 atom stereocenters. The van der Waals surface area contributed by atoms with Crippen LogP contribution in [0.1, 0.15) is 25.0 Å². The fourth-order valence-corrected chi connectivity index (χ4v) is 4.40. The number of nitrogens with zero attached hydrogens (tertiary/aromatic N) is 2. The Morgan fingerprint density at radius 2 is 1.77 bits per heavy atom. The number of nitro groups is 1. The van der Waals surface area contributed by atoms with Gasteiger partial charge in [-0.2, -0.15) is 0 Å². The maximum absolute atomic E-state index is 13.7. The van der Waals surface area contributed by atoms with Crippen molar-refractivity contribution < 1.29 is 24.0 Å². The summed E-state index contributed by atoms with van der Waals surface area (Å²) in [6.45, 7) is 3.99. The quantitative estimate of drug-likeness (QED) is 0.203. The van der Waals surface area contributed by atoms with Crippen molar-refractivity contribution in [2.75, 3.05) is 20.3 Å². The van der Waals surface area contributed by atoms with Crippen LogP contribution in [-0.2, 0) is 22.6 Å². The van der Waals surface area contributed by atoms with Crippen molar-refractivity contribution in [2.24, 2.45) is 5.92 Å². The number of carbonyl (C=O) groups excluding carboxylic acids is 2. The smallest absolute Gasteiger partial charge is 0.311 e. The molecule has 1 N–H and O–H groups in total. The highest BCUT2D eigenvalue weighted by Crippen LogP contribution is 2.31. The number of nitro benzene ring substituents is 1. The van der Waals surface area contributed by atoms with Crippen LogP contribution in [-0.4, -0.2) is 47.9 Å². The maximum atomic E-state index is 13.7. The van der Waals surface area contributed by atoms with Crippen LogP contribution in [0.4, 0.5) is 5.69 Å². The lowest BCUT2D eigenvalue weighted by atomic mass is 10.0. The standard InChI is InChI=1S/C29H31Cl2N3O6/c1-19(2)16-32-29(36)26(13-20-7-5-4-6-8-20)33(17-21-9-10-22(30)14-24(21)31)28(35)18-40-23-11-12-25(34(37)38)27(15-23)39-3/h4-12,14-15,19,26H,13,16-18H2,1-3H3,(H,32,36)/t26-/m0/s1. The van der Waals surface area contributed by atoms with Gasteiger partial charge in [0.05, 0.1) is 12.0 Å². The summed E-state index contributed by atoms with van der Waals surface area (Å²) in [7, 11) is 1.30. The van der Waals surface area contributed by atoms with E-state index < -0.39 is 23.5 Å². The van der Waals surface area contributed by atoms with Crippen molar-refractivity contribution in [3.63, 3.8) is 0 Å². The summed E-state index contributed by atoms with van der Waals surface area (Å²) >= 11 is 12.5. The highest BCUT2D eigenvalue weighted by molar-refractivity contribution is 6.35. The number of hydrogen-bond acceptors (Lipinski definition) is 6. The molecule has 9 nitrogen and oxygen atoms in total. The second-order valence-corrected chi connectivity index (χ2v) is 10.3. The molecule has 0 radical (unpaired) electrons. The predicted molar refractivity (Wildman–Crippen MR) is 154 cm³/mol. The first-order chi connectivity index (χ1) is 19.1. The molecule has 40 heavy (non-hydrogen) atoms. The third kappa shape index (κ3) is 8.59. The second-order valence-electron chi connectivity index (χ2n) is 9.48. The number of nitrogens with one attached hydrogen (secondary N) is 1. The first kappa shape index (κ1) is 30.7. The zero-order chi connectivity index (χ0) is 29.2. The Bertz CT molecular complexity index is 1340. The van der Waals surface area contributed by atoms with E-state index in [0.29, 0.717) is 22.2 Å². The Labute approximate surface area is 243 Å². The molecule has 212 valence electrons. The number of ether oxygens (including phenoxy) is 2. The van der Waals surface area contributed by atoms with E-state index >= 15 is 0 Å². The van der Waals surface area contributed by atoms with E-state index in [1.54, 1.807) is 18.2 Å². The molecule has 0 fully saturated rings. The van der Waals surface area contributed by atoms with Gasteiger partial charge in [-0.25, -0.2) is 0 Å². The van der Waals surface area contributed by atoms with E-state index in [1.807, 2.05) is 44.2 Å². The van der Waals surface area contributed by atoms with Crippen molar-refractivity contribution >= 4 is 40.7 Å². The van der Waals surface area contributed by atoms with Gasteiger partial charge in [0, 0.05) is 41.7 Å². The number of rotatable bonds is 13. The molecule has 0 bridgehead atoms. The highest BCUT2D eigenvalue weighted by atomic mass is 35.5. The molecule has 0 aliphatic carbocycles. The summed E-state index contributed by atoms with van der Waals surface area (Å²) in [5.41, 5.74) is 1.24. The monoisotopic (exact) mass is 587 g/mol. The van der Waals surface area contributed by atoms with E-state index in [-0.39, 0.29) is 42.0 Å². The fraction of sp³-hybridized carbons (Fsp3) is 0.310. The van der Waals surface area contributed by atoms with E-state index in [2.05, 4.69) is 5.32 Å². The van der Waals surface area contributed by atoms with E-state index in [0.717, 1.165) is 5.56 Å². The summed E-state index contributed by atoms with van der Waals surface area (Å²) < 4.78 is 10.8. The van der Waals surface area contributed by atoms with Gasteiger partial charge in [-0.05, 0) is 35.2 Å². The molecule has 0 aliphatic heterocycles. The van der Waals surface area contributed by atoms with E-state index in [9.17, 15) is 19.7 Å². The third-order valence-corrected chi connectivity index (χ3v) is 6.61. The topological polar surface area (TPSA) is 111 Å². The van der Waals surface area contributed by atoms with Gasteiger partial charge in [0.2, 0.25) is 11.7 Å². The summed E-state index contributed by atoms with van der Waals surface area (Å²) in [5.74, 6) is -0.396. The number of hydrogen-bond donors (Lipinski definition) is 1. The second kappa shape index (κ2) is 14.5. The number of amides is 2. The summed E-state index contributed by atoms with van der Waals surface area (Å²) in [6.07, 6.45) is 0.257. The molecule has 0 aromatic heterocycles. The Hall–Kier alpha value is -3.82. The van der Waals surface area contributed by atoms with Gasteiger partial charge in [0.15, 0.2) is 6.61 Å². The molecule has 0 saturated heterocycles. The molecule has 0 unspecified atom stereocenters. The molecule has 0 spiro atoms. The maximum Gasteiger partial charge on any atom is 0.311 e. The molecule has 3 aromatic carbocycles. The zero-order valence-corrected chi connectivity index (χ0v) is 23.9. The van der Waals surface area contributed by atoms with Gasteiger partial charge in [-0.15, -0.1) is 0 Å². The van der Waals surface area contributed by atoms with Crippen LogP contribution < -0.4 is 14.8 Å². The van der Waals surface area contributed by atoms with Crippen LogP contribution in [0.2, 0.25) is 10.0 Å². The average Bonchev–Trinajstić information content (AvgIpc) is 2.93. The molecular formula is C29H31Cl2N3O6. The highest BCUT2D eigenvalue weighted by Gasteiger charge is 2.31. The number of benzene rings is 3. The Balaban J connectivity index is 1.94. The van der Waals surface area contributed by atoms with Gasteiger partial charge < -0.3 is 19.7 Å². The number of methoxy groups -OCH3 is 1. The van der Waals surface area contributed by atoms with Crippen molar-refractivity contribution in [2.45, 2.75) is 32.9 Å². The summed E-state index contributed by atoms with van der Waals surface area (Å²) in [4.78, 5) is 39.3. The van der Waals surface area contributed by atoms with E-state index in [1.165, 1.54) is 30.2 Å². The molecule has 3 aromatic rings. The van der Waals surface area contributed by atoms with Crippen molar-refractivity contribution in [1.82, 2.24) is 10.2 Å². The molecule has 11 heteroatoms. The van der Waals surface area contributed by atoms with Crippen LogP contribution in [0, 0.1) is 16.0 Å². The van der Waals surface area contributed by atoms with Crippen LogP contribution in [0.25, 0.3) is 0 Å². The Morgan fingerprint density at radius 1 is 1.05 bits per heavy atom. The minimum Gasteiger partial charge on any atom is -0.490 e. The van der Waals surface area contributed by atoms with Crippen molar-refractivity contribution in [3.05, 3.63) is 98.0 Å². The van der Waals surface area contributed by atoms with Gasteiger partial charge in [0.1, 0.15) is 11.8 Å². The zero-order valence-electron chi connectivity index (χ0n) is 22.4. The van der Waals surface area contributed by atoms with Gasteiger partial charge in [0.25, 0.3) is 5.91 Å². The third-order valence-electron chi connectivity index (χ3n) is 6.02. The van der Waals surface area contributed by atoms with Crippen LogP contribution in [0.3, 0.4) is 0 Å². The summed E-state index contributed by atoms with van der Waals surface area (Å²) in [6, 6.07) is 17.4. The van der Waals surface area contributed by atoms with Crippen LogP contribution in [0.15, 0.2) is 66.7 Å². The lowest BCUT2D eigenvalue weighted by Gasteiger charge is -2.32. The fourth-order valence-electron chi connectivity index (χ4n) is 3.94. The Kier molecular flexibility index (Phi) is 11.2. The number of halogens is 2. The minimum atomic E-state index is -0.879. The van der Waals surface area contributed by atoms with Crippen LogP contribution >= 0.6 is 23.2 Å². The van der Waals surface area contributed by atoms with Gasteiger partial charge in [-0.1, -0.05) is 73.4 Å². The molecular weight excluding hydrogens is 557 g/mol. The van der Waals surface area contributed by atoms with Gasteiger partial charge >= 0.3 is 5.69 Å². The van der Waals surface area contributed by atoms with Gasteiger partial charge in [-0.3, -0.25) is 19.7 Å². The predicted octanol–water partition coefficient (Wildman–Crippen LogP) is 5.70. The SMILES string of the molecule is COc1cc(OCC(=O)N(Cc2ccc(Cl)cc2Cl)[C@@H](Cc2ccccc2)C(=O)NCC(C)C)ccc1[N+](=O)[O-]. The normalized spacial score (nSPS) is 11.6. The molecule has 3 rings (SSSR count). The van der Waals surface area contributed by atoms with Crippen LogP contribution in [0.5, 0.6) is 11.5 Å². The van der Waals surface area contributed by atoms with Crippen molar-refractivity contribution in [3.8, 4) is 11.5 Å². The molecule has 0 aliphatic rings. The van der Waals surface area contributed by atoms with E-state index in [4.69, 9.17) is 32.7 Å².